The highest BCUT2D eigenvalue weighted by molar-refractivity contribution is 8.00. The lowest BCUT2D eigenvalue weighted by molar-refractivity contribution is -0.145. The predicted octanol–water partition coefficient (Wildman–Crippen LogP) is 1.67. The van der Waals surface area contributed by atoms with E-state index in [1.165, 1.54) is 29.1 Å². The summed E-state index contributed by atoms with van der Waals surface area (Å²) in [5.41, 5.74) is 0.835. The number of nitrogens with one attached hydrogen (secondary N) is 1. The van der Waals surface area contributed by atoms with Crippen molar-refractivity contribution >= 4 is 76.1 Å². The fourth-order valence-electron chi connectivity index (χ4n) is 2.54. The largest absolute Gasteiger partial charge is 0.458 e. The third-order valence-electron chi connectivity index (χ3n) is 3.81. The van der Waals surface area contributed by atoms with Crippen molar-refractivity contribution in [3.8, 4) is 0 Å². The lowest BCUT2D eigenvalue weighted by atomic mass is 10.1. The SMILES string of the molecule is CC1S[C@@H]2C(NC(=O)Cc3cnsn3)C(=O)N2C=C1C(=O)OCC(Cl)(Cl)Cl. The van der Waals surface area contributed by atoms with Crippen LogP contribution in [0.4, 0.5) is 0 Å². The van der Waals surface area contributed by atoms with Gasteiger partial charge in [-0.3, -0.25) is 9.59 Å². The fourth-order valence-corrected chi connectivity index (χ4v) is 4.49. The van der Waals surface area contributed by atoms with E-state index in [-0.39, 0.29) is 34.4 Å². The molecule has 0 saturated carbocycles. The summed E-state index contributed by atoms with van der Waals surface area (Å²) >= 11 is 19.1. The summed E-state index contributed by atoms with van der Waals surface area (Å²) in [6, 6.07) is -0.661. The Hall–Kier alpha value is -1.07. The van der Waals surface area contributed by atoms with Gasteiger partial charge in [-0.1, -0.05) is 34.8 Å². The van der Waals surface area contributed by atoms with Gasteiger partial charge in [-0.25, -0.2) is 4.79 Å². The lowest BCUT2D eigenvalue weighted by Gasteiger charge is -2.48. The lowest BCUT2D eigenvalue weighted by Crippen LogP contribution is -2.69. The number of aromatic nitrogens is 2. The van der Waals surface area contributed by atoms with Crippen molar-refractivity contribution in [3.05, 3.63) is 23.7 Å². The molecule has 0 spiro atoms. The van der Waals surface area contributed by atoms with E-state index >= 15 is 0 Å². The molecule has 0 radical (unpaired) electrons. The topological polar surface area (TPSA) is 101 Å². The van der Waals surface area contributed by atoms with E-state index in [0.717, 1.165) is 11.7 Å². The summed E-state index contributed by atoms with van der Waals surface area (Å²) in [7, 11) is 0. The monoisotopic (exact) mass is 470 g/mol. The minimum absolute atomic E-state index is 0.0532. The molecule has 2 amide bonds. The van der Waals surface area contributed by atoms with Crippen molar-refractivity contribution in [2.24, 2.45) is 0 Å². The van der Waals surface area contributed by atoms with Gasteiger partial charge in [0.1, 0.15) is 18.0 Å². The Kier molecular flexibility index (Phi) is 6.21. The van der Waals surface area contributed by atoms with Crippen molar-refractivity contribution in [2.45, 2.75) is 33.8 Å². The standard InChI is InChI=1S/C14H13Cl3N4O4S2/c1-6-8(13(24)25-5-14(15,16)17)4-21-11(23)10(12(21)26-6)19-9(22)2-7-3-18-27-20-7/h3-4,6,10,12H,2,5H2,1H3,(H,19,22)/t6?,10?,12-/m1/s1. The average molecular weight is 472 g/mol. The number of alkyl halides is 3. The van der Waals surface area contributed by atoms with Gasteiger partial charge in [0.15, 0.2) is 0 Å². The number of esters is 1. The Balaban J connectivity index is 1.60. The summed E-state index contributed by atoms with van der Waals surface area (Å²) in [6.07, 6.45) is 2.99. The number of hydrogen-bond acceptors (Lipinski definition) is 8. The number of carbonyl (C=O) groups excluding carboxylic acids is 3. The number of thioether (sulfide) groups is 1. The minimum atomic E-state index is -1.71. The summed E-state index contributed by atoms with van der Waals surface area (Å²) in [5, 5.41) is 2.14. The number of amides is 2. The smallest absolute Gasteiger partial charge is 0.336 e. The molecule has 2 unspecified atom stereocenters. The Morgan fingerprint density at radius 1 is 1.41 bits per heavy atom. The molecule has 1 fully saturated rings. The quantitative estimate of drug-likeness (QED) is 0.396. The Bertz CT molecular complexity index is 784. The van der Waals surface area contributed by atoms with E-state index in [0.29, 0.717) is 5.69 Å². The maximum absolute atomic E-state index is 12.3. The second kappa shape index (κ2) is 8.12. The molecule has 2 aliphatic rings. The first-order valence-corrected chi connectivity index (χ1v) is 10.5. The van der Waals surface area contributed by atoms with Crippen LogP contribution in [0, 0.1) is 0 Å². The van der Waals surface area contributed by atoms with Crippen molar-refractivity contribution in [2.75, 3.05) is 6.61 Å². The van der Waals surface area contributed by atoms with Gasteiger partial charge in [-0.2, -0.15) is 8.75 Å². The molecule has 3 atom stereocenters. The van der Waals surface area contributed by atoms with Gasteiger partial charge in [0.25, 0.3) is 5.91 Å². The number of ether oxygens (including phenoxy) is 1. The normalized spacial score (nSPS) is 24.6. The first-order chi connectivity index (χ1) is 12.7. The third kappa shape index (κ3) is 4.86. The molecule has 27 heavy (non-hydrogen) atoms. The van der Waals surface area contributed by atoms with E-state index in [9.17, 15) is 14.4 Å². The molecule has 1 N–H and O–H groups in total. The van der Waals surface area contributed by atoms with Crippen LogP contribution >= 0.6 is 58.3 Å². The van der Waals surface area contributed by atoms with Gasteiger partial charge in [-0.15, -0.1) is 11.8 Å². The van der Waals surface area contributed by atoms with Crippen molar-refractivity contribution in [1.29, 1.82) is 0 Å². The maximum atomic E-state index is 12.3. The van der Waals surface area contributed by atoms with Crippen LogP contribution in [0.1, 0.15) is 12.6 Å². The number of fused-ring (bicyclic) bond motifs is 1. The molecule has 3 heterocycles. The Morgan fingerprint density at radius 3 is 2.78 bits per heavy atom. The van der Waals surface area contributed by atoms with Gasteiger partial charge >= 0.3 is 5.97 Å². The number of halogens is 3. The summed E-state index contributed by atoms with van der Waals surface area (Å²) in [6.45, 7) is 1.40. The van der Waals surface area contributed by atoms with Crippen LogP contribution in [-0.2, 0) is 25.5 Å². The molecular weight excluding hydrogens is 459 g/mol. The average Bonchev–Trinajstić information content (AvgIpc) is 3.09. The van der Waals surface area contributed by atoms with E-state index in [1.54, 1.807) is 6.92 Å². The zero-order valence-corrected chi connectivity index (χ0v) is 17.6. The second-order valence-electron chi connectivity index (χ2n) is 5.81. The van der Waals surface area contributed by atoms with Crippen molar-refractivity contribution < 1.29 is 19.1 Å². The number of rotatable bonds is 5. The zero-order valence-electron chi connectivity index (χ0n) is 13.7. The third-order valence-corrected chi connectivity index (χ3v) is 6.09. The van der Waals surface area contributed by atoms with Crippen LogP contribution in [0.15, 0.2) is 18.0 Å². The zero-order chi connectivity index (χ0) is 19.8. The highest BCUT2D eigenvalue weighted by atomic mass is 35.6. The molecule has 0 bridgehead atoms. The first kappa shape index (κ1) is 20.7. The molecule has 0 aromatic carbocycles. The van der Waals surface area contributed by atoms with E-state index in [1.807, 2.05) is 0 Å². The number of β-lactam (4-membered cyclic amide) rings is 1. The molecular formula is C14H13Cl3N4O4S2. The number of hydrogen-bond donors (Lipinski definition) is 1. The summed E-state index contributed by atoms with van der Waals surface area (Å²) in [5.74, 6) is -1.28. The molecule has 1 aromatic heterocycles. The molecule has 2 aliphatic heterocycles. The molecule has 13 heteroatoms. The molecule has 1 saturated heterocycles. The van der Waals surface area contributed by atoms with Gasteiger partial charge < -0.3 is 15.0 Å². The van der Waals surface area contributed by atoms with Gasteiger partial charge in [0.2, 0.25) is 9.70 Å². The molecule has 3 rings (SSSR count). The molecule has 1 aromatic rings. The van der Waals surface area contributed by atoms with Gasteiger partial charge in [0.05, 0.1) is 35.6 Å². The van der Waals surface area contributed by atoms with Crippen LogP contribution in [0.5, 0.6) is 0 Å². The highest BCUT2D eigenvalue weighted by Crippen LogP contribution is 2.40. The van der Waals surface area contributed by atoms with Crippen LogP contribution < -0.4 is 5.32 Å². The van der Waals surface area contributed by atoms with Crippen molar-refractivity contribution in [1.82, 2.24) is 19.0 Å². The molecule has 0 aliphatic carbocycles. The van der Waals surface area contributed by atoms with E-state index < -0.39 is 22.4 Å². The predicted molar refractivity (Wildman–Crippen MR) is 103 cm³/mol. The molecule has 146 valence electrons. The van der Waals surface area contributed by atoms with Crippen molar-refractivity contribution in [3.63, 3.8) is 0 Å². The Morgan fingerprint density at radius 2 is 2.15 bits per heavy atom. The van der Waals surface area contributed by atoms with Crippen LogP contribution in [-0.4, -0.2) is 58.5 Å². The summed E-state index contributed by atoms with van der Waals surface area (Å²) in [4.78, 5) is 38.0. The second-order valence-corrected chi connectivity index (χ2v) is 10.3. The van der Waals surface area contributed by atoms with E-state index in [4.69, 9.17) is 39.5 Å². The Labute approximate surface area is 177 Å². The van der Waals surface area contributed by atoms with Crippen LogP contribution in [0.3, 0.4) is 0 Å². The van der Waals surface area contributed by atoms with Crippen LogP contribution in [0.2, 0.25) is 0 Å². The number of nitrogens with zero attached hydrogens (tertiary/aromatic N) is 3. The maximum Gasteiger partial charge on any atom is 0.336 e. The van der Waals surface area contributed by atoms with Gasteiger partial charge in [-0.05, 0) is 6.92 Å². The van der Waals surface area contributed by atoms with Crippen LogP contribution in [0.25, 0.3) is 0 Å². The highest BCUT2D eigenvalue weighted by Gasteiger charge is 2.51. The minimum Gasteiger partial charge on any atom is -0.458 e. The van der Waals surface area contributed by atoms with Gasteiger partial charge in [0, 0.05) is 11.4 Å². The molecule has 8 nitrogen and oxygen atoms in total. The van der Waals surface area contributed by atoms with E-state index in [2.05, 4.69) is 14.1 Å². The first-order valence-electron chi connectivity index (χ1n) is 7.65. The fraction of sp³-hybridized carbons (Fsp3) is 0.500. The number of carbonyl (C=O) groups is 3. The summed E-state index contributed by atoms with van der Waals surface area (Å²) < 4.78 is 11.1.